The molecule has 19 heavy (non-hydrogen) atoms. The van der Waals surface area contributed by atoms with Crippen LogP contribution in [-0.2, 0) is 14.3 Å². The van der Waals surface area contributed by atoms with Crippen molar-refractivity contribution in [2.45, 2.75) is 31.8 Å². The van der Waals surface area contributed by atoms with Crippen LogP contribution in [0.1, 0.15) is 19.6 Å². The molecule has 104 valence electrons. The lowest BCUT2D eigenvalue weighted by Crippen LogP contribution is -2.31. The molecule has 0 saturated carbocycles. The number of halogens is 1. The van der Waals surface area contributed by atoms with Gasteiger partial charge in [-0.25, -0.2) is 4.79 Å². The summed E-state index contributed by atoms with van der Waals surface area (Å²) >= 11 is 2.13. The first-order chi connectivity index (χ1) is 9.01. The van der Waals surface area contributed by atoms with Gasteiger partial charge in [0.1, 0.15) is 18.4 Å². The highest BCUT2D eigenvalue weighted by molar-refractivity contribution is 14.1. The second-order valence-corrected chi connectivity index (χ2v) is 5.07. The van der Waals surface area contributed by atoms with E-state index in [-0.39, 0.29) is 18.2 Å². The first-order valence-electron chi connectivity index (χ1n) is 5.71. The number of carbonyl (C=O) groups excluding carboxylic acids is 1. The van der Waals surface area contributed by atoms with Crippen LogP contribution >= 0.6 is 22.6 Å². The standard InChI is InChI=1S/C11H13IN2O5/c1-6(15)18-7-4-10(19-8(7)5-12)14-3-2-9(16)13-11(14)17/h2-3,7-8,10H,4-5H2,1H3,(H,13,16,17)/t7-,8-,10-/m1/s1. The minimum Gasteiger partial charge on any atom is -0.460 e. The van der Waals surface area contributed by atoms with Gasteiger partial charge in [-0.3, -0.25) is 19.1 Å². The van der Waals surface area contributed by atoms with E-state index in [1.54, 1.807) is 0 Å². The zero-order valence-electron chi connectivity index (χ0n) is 10.2. The SMILES string of the molecule is CC(=O)O[C@@H]1C[C@H](n2ccc(=O)[nH]c2=O)O[C@@H]1CI. The number of hydrogen-bond donors (Lipinski definition) is 1. The van der Waals surface area contributed by atoms with E-state index < -0.39 is 17.5 Å². The Morgan fingerprint density at radius 1 is 1.63 bits per heavy atom. The van der Waals surface area contributed by atoms with Gasteiger partial charge >= 0.3 is 11.7 Å². The lowest BCUT2D eigenvalue weighted by Gasteiger charge is -2.15. The van der Waals surface area contributed by atoms with Crippen LogP contribution in [0.2, 0.25) is 0 Å². The number of rotatable bonds is 3. The minimum absolute atomic E-state index is 0.256. The molecule has 2 heterocycles. The normalized spacial score (nSPS) is 26.3. The van der Waals surface area contributed by atoms with Crippen molar-refractivity contribution in [1.82, 2.24) is 9.55 Å². The van der Waals surface area contributed by atoms with Crippen molar-refractivity contribution in [1.29, 1.82) is 0 Å². The summed E-state index contributed by atoms with van der Waals surface area (Å²) in [6.45, 7) is 1.34. The molecule has 0 spiro atoms. The third kappa shape index (κ3) is 3.24. The Morgan fingerprint density at radius 3 is 2.95 bits per heavy atom. The van der Waals surface area contributed by atoms with Crippen LogP contribution in [0.3, 0.4) is 0 Å². The van der Waals surface area contributed by atoms with Gasteiger partial charge < -0.3 is 9.47 Å². The van der Waals surface area contributed by atoms with E-state index in [1.807, 2.05) is 0 Å². The van der Waals surface area contributed by atoms with Gasteiger partial charge in [0.15, 0.2) is 0 Å². The molecule has 0 radical (unpaired) electrons. The van der Waals surface area contributed by atoms with Gasteiger partial charge in [-0.05, 0) is 0 Å². The predicted octanol–water partition coefficient (Wildman–Crippen LogP) is 0.191. The molecule has 3 atom stereocenters. The number of H-pyrrole nitrogens is 1. The number of nitrogens with zero attached hydrogens (tertiary/aromatic N) is 1. The average Bonchev–Trinajstić information content (AvgIpc) is 2.71. The number of alkyl halides is 1. The molecular formula is C11H13IN2O5. The zero-order chi connectivity index (χ0) is 14.0. The first kappa shape index (κ1) is 14.3. The summed E-state index contributed by atoms with van der Waals surface area (Å²) in [5.74, 6) is -0.377. The van der Waals surface area contributed by atoms with Gasteiger partial charge in [-0.2, -0.15) is 0 Å². The summed E-state index contributed by atoms with van der Waals surface area (Å²) in [4.78, 5) is 35.9. The van der Waals surface area contributed by atoms with Crippen molar-refractivity contribution >= 4 is 28.6 Å². The Balaban J connectivity index is 2.21. The summed E-state index contributed by atoms with van der Waals surface area (Å²) in [6.07, 6.45) is 0.603. The van der Waals surface area contributed by atoms with Crippen LogP contribution in [0.25, 0.3) is 0 Å². The third-order valence-electron chi connectivity index (χ3n) is 2.81. The minimum atomic E-state index is -0.534. The Bertz CT molecular complexity index is 581. The summed E-state index contributed by atoms with van der Waals surface area (Å²) < 4.78 is 12.8. The second kappa shape index (κ2) is 5.87. The van der Waals surface area contributed by atoms with Crippen molar-refractivity contribution < 1.29 is 14.3 Å². The molecular weight excluding hydrogens is 367 g/mol. The molecule has 1 aromatic rings. The van der Waals surface area contributed by atoms with Crippen LogP contribution in [0.15, 0.2) is 21.9 Å². The Labute approximate surface area is 122 Å². The van der Waals surface area contributed by atoms with Gasteiger partial charge in [-0.1, -0.05) is 22.6 Å². The highest BCUT2D eigenvalue weighted by atomic mass is 127. The number of carbonyl (C=O) groups is 1. The van der Waals surface area contributed by atoms with Crippen LogP contribution in [0, 0.1) is 0 Å². The van der Waals surface area contributed by atoms with Gasteiger partial charge in [0.05, 0.1) is 0 Å². The predicted molar refractivity (Wildman–Crippen MR) is 74.3 cm³/mol. The molecule has 0 aromatic carbocycles. The topological polar surface area (TPSA) is 90.4 Å². The van der Waals surface area contributed by atoms with Crippen molar-refractivity contribution in [3.05, 3.63) is 33.1 Å². The third-order valence-corrected chi connectivity index (χ3v) is 3.68. The second-order valence-electron chi connectivity index (χ2n) is 4.18. The molecule has 1 aromatic heterocycles. The fraction of sp³-hybridized carbons (Fsp3) is 0.545. The van der Waals surface area contributed by atoms with Crippen LogP contribution in [-0.4, -0.2) is 32.2 Å². The van der Waals surface area contributed by atoms with E-state index in [1.165, 1.54) is 23.8 Å². The highest BCUT2D eigenvalue weighted by Gasteiger charge is 2.38. The lowest BCUT2D eigenvalue weighted by molar-refractivity contribution is -0.148. The molecule has 7 nitrogen and oxygen atoms in total. The van der Waals surface area contributed by atoms with E-state index in [2.05, 4.69) is 27.6 Å². The van der Waals surface area contributed by atoms with Crippen molar-refractivity contribution in [3.8, 4) is 0 Å². The molecule has 0 unspecified atom stereocenters. The summed E-state index contributed by atoms with van der Waals surface area (Å²) in [6, 6.07) is 1.25. The largest absolute Gasteiger partial charge is 0.460 e. The maximum Gasteiger partial charge on any atom is 0.330 e. The number of aromatic nitrogens is 2. The number of nitrogens with one attached hydrogen (secondary N) is 1. The molecule has 0 bridgehead atoms. The number of hydrogen-bond acceptors (Lipinski definition) is 5. The maximum absolute atomic E-state index is 11.7. The van der Waals surface area contributed by atoms with Crippen molar-refractivity contribution in [2.75, 3.05) is 4.43 Å². The Kier molecular flexibility index (Phi) is 4.40. The zero-order valence-corrected chi connectivity index (χ0v) is 12.3. The molecule has 8 heteroatoms. The number of esters is 1. The van der Waals surface area contributed by atoms with E-state index in [0.29, 0.717) is 10.8 Å². The van der Waals surface area contributed by atoms with Crippen LogP contribution in [0.5, 0.6) is 0 Å². The first-order valence-corrected chi connectivity index (χ1v) is 7.24. The summed E-state index contributed by atoms with van der Waals surface area (Å²) in [5.41, 5.74) is -0.991. The quantitative estimate of drug-likeness (QED) is 0.460. The van der Waals surface area contributed by atoms with E-state index in [4.69, 9.17) is 9.47 Å². The molecule has 1 aliphatic heterocycles. The van der Waals surface area contributed by atoms with Gasteiger partial charge in [-0.15, -0.1) is 0 Å². The number of ether oxygens (including phenoxy) is 2. The molecule has 1 aliphatic rings. The molecule has 1 saturated heterocycles. The monoisotopic (exact) mass is 380 g/mol. The van der Waals surface area contributed by atoms with Crippen molar-refractivity contribution in [2.24, 2.45) is 0 Å². The van der Waals surface area contributed by atoms with E-state index >= 15 is 0 Å². The Morgan fingerprint density at radius 2 is 2.37 bits per heavy atom. The molecule has 1 fully saturated rings. The molecule has 0 amide bonds. The van der Waals surface area contributed by atoms with Crippen LogP contribution < -0.4 is 11.2 Å². The fourth-order valence-corrected chi connectivity index (χ4v) is 2.78. The fourth-order valence-electron chi connectivity index (χ4n) is 2.00. The highest BCUT2D eigenvalue weighted by Crippen LogP contribution is 2.30. The van der Waals surface area contributed by atoms with E-state index in [0.717, 1.165) is 0 Å². The molecule has 1 N–H and O–H groups in total. The molecule has 0 aliphatic carbocycles. The van der Waals surface area contributed by atoms with Crippen molar-refractivity contribution in [3.63, 3.8) is 0 Å². The van der Waals surface area contributed by atoms with Gasteiger partial charge in [0.25, 0.3) is 5.56 Å². The summed E-state index contributed by atoms with van der Waals surface area (Å²) in [7, 11) is 0. The summed E-state index contributed by atoms with van der Waals surface area (Å²) in [5, 5.41) is 0. The smallest absolute Gasteiger partial charge is 0.330 e. The molecule has 2 rings (SSSR count). The van der Waals surface area contributed by atoms with E-state index in [9.17, 15) is 14.4 Å². The van der Waals surface area contributed by atoms with Gasteiger partial charge in [0.2, 0.25) is 0 Å². The van der Waals surface area contributed by atoms with Gasteiger partial charge in [0, 0.05) is 30.0 Å². The average molecular weight is 380 g/mol. The maximum atomic E-state index is 11.7. The number of aromatic amines is 1. The lowest BCUT2D eigenvalue weighted by atomic mass is 10.2. The van der Waals surface area contributed by atoms with Crippen LogP contribution in [0.4, 0.5) is 0 Å². The Hall–Kier alpha value is -1.16.